The van der Waals surface area contributed by atoms with E-state index in [1.807, 2.05) is 35.7 Å². The fraction of sp³-hybridized carbons (Fsp3) is 0.250. The Morgan fingerprint density at radius 3 is 2.90 bits per heavy atom. The van der Waals surface area contributed by atoms with Crippen LogP contribution in [0.3, 0.4) is 0 Å². The van der Waals surface area contributed by atoms with Crippen molar-refractivity contribution in [1.82, 2.24) is 4.90 Å². The number of para-hydroxylation sites is 1. The molecule has 3 rings (SSSR count). The Morgan fingerprint density at radius 1 is 1.29 bits per heavy atom. The minimum Gasteiger partial charge on any atom is -0.266 e. The third-order valence-corrected chi connectivity index (χ3v) is 4.38. The van der Waals surface area contributed by atoms with E-state index in [2.05, 4.69) is 23.3 Å². The largest absolute Gasteiger partial charge is 0.358 e. The van der Waals surface area contributed by atoms with Gasteiger partial charge in [-0.15, -0.1) is 11.3 Å². The van der Waals surface area contributed by atoms with Gasteiger partial charge in [0.2, 0.25) is 0 Å². The molecule has 0 saturated carbocycles. The van der Waals surface area contributed by atoms with Gasteiger partial charge in [-0.2, -0.15) is 4.90 Å². The number of benzene rings is 1. The Bertz CT molecular complexity index is 664. The summed E-state index contributed by atoms with van der Waals surface area (Å²) in [5.74, 6) is 0.870. The molecule has 21 heavy (non-hydrogen) atoms. The summed E-state index contributed by atoms with van der Waals surface area (Å²) in [7, 11) is 0. The van der Waals surface area contributed by atoms with Crippen molar-refractivity contribution >= 4 is 28.9 Å². The highest BCUT2D eigenvalue weighted by Crippen LogP contribution is 2.17. The molecular formula is C16H18N3OS+. The van der Waals surface area contributed by atoms with Gasteiger partial charge in [-0.05, 0) is 29.5 Å². The number of anilines is 1. The standard InChI is InChI=1S/C16H17N3OS/c1-2-12-6-3-4-8-14(12)18-16-17-10-15(20)19(16)11-13-7-5-9-21-13/h3-9H,2,10-11H2,1H3,(H,17,18)/p+1. The average molecular weight is 300 g/mol. The van der Waals surface area contributed by atoms with Crippen LogP contribution in [0.5, 0.6) is 0 Å². The first-order chi connectivity index (χ1) is 10.3. The Balaban J connectivity index is 1.79. The topological polar surface area (TPSA) is 46.3 Å². The molecule has 1 aromatic carbocycles. The molecule has 1 amide bonds. The number of carbonyl (C=O) groups excluding carboxylic acids is 1. The summed E-state index contributed by atoms with van der Waals surface area (Å²) in [6, 6.07) is 12.2. The molecule has 2 heterocycles. The highest BCUT2D eigenvalue weighted by atomic mass is 32.1. The van der Waals surface area contributed by atoms with Gasteiger partial charge in [0.1, 0.15) is 12.2 Å². The molecule has 2 N–H and O–H groups in total. The second-order valence-corrected chi connectivity index (χ2v) is 5.93. The van der Waals surface area contributed by atoms with E-state index in [-0.39, 0.29) is 5.91 Å². The predicted molar refractivity (Wildman–Crippen MR) is 85.1 cm³/mol. The molecule has 0 bridgehead atoms. The first-order valence-electron chi connectivity index (χ1n) is 7.06. The molecule has 5 heteroatoms. The molecule has 0 radical (unpaired) electrons. The first kappa shape index (κ1) is 13.8. The van der Waals surface area contributed by atoms with Crippen LogP contribution in [-0.2, 0) is 17.8 Å². The van der Waals surface area contributed by atoms with Crippen molar-refractivity contribution < 1.29 is 9.79 Å². The number of carbonyl (C=O) groups is 1. The Morgan fingerprint density at radius 2 is 2.14 bits per heavy atom. The number of hydrogen-bond acceptors (Lipinski definition) is 3. The SMILES string of the molecule is CCc1ccccc1NC1=[NH+]CC(=O)N1Cc1cccs1. The van der Waals surface area contributed by atoms with E-state index in [1.165, 1.54) is 10.4 Å². The molecule has 1 aromatic heterocycles. The second kappa shape index (κ2) is 6.10. The third-order valence-electron chi connectivity index (χ3n) is 3.52. The normalized spacial score (nSPS) is 14.4. The van der Waals surface area contributed by atoms with Crippen molar-refractivity contribution in [2.75, 3.05) is 11.9 Å². The molecule has 108 valence electrons. The Kier molecular flexibility index (Phi) is 4.01. The highest BCUT2D eigenvalue weighted by molar-refractivity contribution is 7.09. The lowest BCUT2D eigenvalue weighted by molar-refractivity contribution is -0.438. The smallest absolute Gasteiger partial charge is 0.266 e. The molecule has 2 aromatic rings. The van der Waals surface area contributed by atoms with E-state index in [4.69, 9.17) is 0 Å². The predicted octanol–water partition coefficient (Wildman–Crippen LogP) is 1.20. The van der Waals surface area contributed by atoms with Crippen LogP contribution >= 0.6 is 11.3 Å². The molecule has 1 aliphatic heterocycles. The molecule has 4 nitrogen and oxygen atoms in total. The maximum absolute atomic E-state index is 12.1. The summed E-state index contributed by atoms with van der Waals surface area (Å²) < 4.78 is 0. The number of hydrogen-bond donors (Lipinski definition) is 2. The average Bonchev–Trinajstić information content (AvgIpc) is 3.13. The van der Waals surface area contributed by atoms with Crippen LogP contribution in [0.2, 0.25) is 0 Å². The van der Waals surface area contributed by atoms with Gasteiger partial charge >= 0.3 is 11.9 Å². The minimum atomic E-state index is 0.0971. The molecule has 0 unspecified atom stereocenters. The van der Waals surface area contributed by atoms with Crippen LogP contribution < -0.4 is 10.3 Å². The van der Waals surface area contributed by atoms with E-state index >= 15 is 0 Å². The van der Waals surface area contributed by atoms with Gasteiger partial charge in [-0.3, -0.25) is 9.79 Å². The Hall–Kier alpha value is -2.14. The Labute approximate surface area is 128 Å². The van der Waals surface area contributed by atoms with E-state index in [0.29, 0.717) is 13.1 Å². The van der Waals surface area contributed by atoms with Crippen molar-refractivity contribution in [1.29, 1.82) is 0 Å². The first-order valence-corrected chi connectivity index (χ1v) is 7.94. The van der Waals surface area contributed by atoms with Crippen LogP contribution in [0, 0.1) is 0 Å². The van der Waals surface area contributed by atoms with E-state index in [1.54, 1.807) is 16.2 Å². The van der Waals surface area contributed by atoms with Crippen molar-refractivity contribution in [2.24, 2.45) is 0 Å². The molecule has 0 atom stereocenters. The second-order valence-electron chi connectivity index (χ2n) is 4.90. The molecular weight excluding hydrogens is 282 g/mol. The van der Waals surface area contributed by atoms with E-state index in [9.17, 15) is 4.79 Å². The lowest BCUT2D eigenvalue weighted by Crippen LogP contribution is -2.72. The van der Waals surface area contributed by atoms with Gasteiger partial charge in [-0.1, -0.05) is 31.2 Å². The van der Waals surface area contributed by atoms with Crippen LogP contribution in [0.25, 0.3) is 0 Å². The van der Waals surface area contributed by atoms with Crippen LogP contribution in [0.1, 0.15) is 17.4 Å². The van der Waals surface area contributed by atoms with Crippen molar-refractivity contribution in [2.45, 2.75) is 19.9 Å². The number of aryl methyl sites for hydroxylation is 1. The van der Waals surface area contributed by atoms with Crippen molar-refractivity contribution in [3.05, 3.63) is 52.2 Å². The third kappa shape index (κ3) is 2.97. The lowest BCUT2D eigenvalue weighted by atomic mass is 10.1. The summed E-state index contributed by atoms with van der Waals surface area (Å²) in [4.78, 5) is 18.2. The number of nitrogens with zero attached hydrogens (tertiary/aromatic N) is 1. The van der Waals surface area contributed by atoms with Crippen LogP contribution in [0.4, 0.5) is 5.69 Å². The fourth-order valence-electron chi connectivity index (χ4n) is 2.39. The number of amides is 1. The number of thiophene rings is 1. The van der Waals surface area contributed by atoms with Gasteiger partial charge < -0.3 is 0 Å². The van der Waals surface area contributed by atoms with Gasteiger partial charge in [0, 0.05) is 4.88 Å². The highest BCUT2D eigenvalue weighted by Gasteiger charge is 2.33. The van der Waals surface area contributed by atoms with Gasteiger partial charge in [0.05, 0.1) is 0 Å². The lowest BCUT2D eigenvalue weighted by Gasteiger charge is -2.12. The molecule has 0 aliphatic carbocycles. The van der Waals surface area contributed by atoms with Gasteiger partial charge in [0.15, 0.2) is 6.54 Å². The summed E-state index contributed by atoms with van der Waals surface area (Å²) in [5.41, 5.74) is 2.29. The van der Waals surface area contributed by atoms with Crippen molar-refractivity contribution in [3.8, 4) is 0 Å². The van der Waals surface area contributed by atoms with E-state index in [0.717, 1.165) is 18.1 Å². The van der Waals surface area contributed by atoms with Crippen molar-refractivity contribution in [3.63, 3.8) is 0 Å². The quantitative estimate of drug-likeness (QED) is 0.891. The summed E-state index contributed by atoms with van der Waals surface area (Å²) in [6.07, 6.45) is 0.954. The maximum Gasteiger partial charge on any atom is 0.358 e. The summed E-state index contributed by atoms with van der Waals surface area (Å²) in [6.45, 7) is 3.09. The zero-order chi connectivity index (χ0) is 14.7. The summed E-state index contributed by atoms with van der Waals surface area (Å²) in [5, 5.41) is 5.40. The number of nitrogens with one attached hydrogen (secondary N) is 2. The molecule has 0 spiro atoms. The fourth-order valence-corrected chi connectivity index (χ4v) is 3.08. The van der Waals surface area contributed by atoms with Gasteiger partial charge in [-0.25, -0.2) is 5.32 Å². The van der Waals surface area contributed by atoms with Gasteiger partial charge in [0.25, 0.3) is 0 Å². The summed E-state index contributed by atoms with van der Waals surface area (Å²) >= 11 is 1.67. The van der Waals surface area contributed by atoms with Crippen LogP contribution in [-0.4, -0.2) is 23.3 Å². The van der Waals surface area contributed by atoms with E-state index < -0.39 is 0 Å². The zero-order valence-electron chi connectivity index (χ0n) is 11.9. The molecule has 0 saturated heterocycles. The molecule has 0 fully saturated rings. The maximum atomic E-state index is 12.1. The monoisotopic (exact) mass is 300 g/mol. The molecule has 1 aliphatic rings. The minimum absolute atomic E-state index is 0.0971. The number of guanidine groups is 1. The zero-order valence-corrected chi connectivity index (χ0v) is 12.7. The van der Waals surface area contributed by atoms with Crippen LogP contribution in [0.15, 0.2) is 41.8 Å². The number of rotatable bonds is 4.